The number of ether oxygens (including phenoxy) is 1. The smallest absolute Gasteiger partial charge is 0.267 e. The molecule has 3 aromatic carbocycles. The van der Waals surface area contributed by atoms with Crippen LogP contribution in [0.2, 0.25) is 0 Å². The van der Waals surface area contributed by atoms with E-state index < -0.39 is 36.2 Å². The molecule has 3 aliphatic rings. The number of aliphatic imine (C=N–C) groups is 1. The van der Waals surface area contributed by atoms with Gasteiger partial charge in [0.1, 0.15) is 24.3 Å². The maximum absolute atomic E-state index is 15.7. The van der Waals surface area contributed by atoms with Gasteiger partial charge >= 0.3 is 0 Å². The van der Waals surface area contributed by atoms with Crippen LogP contribution in [0.1, 0.15) is 104 Å². The number of hydrogen-bond donors (Lipinski definition) is 3. The lowest BCUT2D eigenvalue weighted by Crippen LogP contribution is -2.50. The van der Waals surface area contributed by atoms with Crippen LogP contribution in [0.4, 0.5) is 18.9 Å². The first-order chi connectivity index (χ1) is 33.2. The van der Waals surface area contributed by atoms with Crippen molar-refractivity contribution in [3.8, 4) is 0 Å². The number of carbonyl (C=O) groups excluding carboxylic acids is 2. The van der Waals surface area contributed by atoms with Gasteiger partial charge in [0, 0.05) is 57.3 Å². The second kappa shape index (κ2) is 23.2. The van der Waals surface area contributed by atoms with Crippen LogP contribution in [0.5, 0.6) is 0 Å². The number of benzene rings is 3. The lowest BCUT2D eigenvalue weighted by atomic mass is 9.85. The molecule has 3 saturated heterocycles. The number of amides is 2. The summed E-state index contributed by atoms with van der Waals surface area (Å²) in [6.45, 7) is 16.6. The number of carbonyl (C=O) groups is 2. The highest BCUT2D eigenvalue weighted by Crippen LogP contribution is 2.42. The molecule has 3 aliphatic heterocycles. The highest BCUT2D eigenvalue weighted by Gasteiger charge is 2.46. The molecule has 4 heterocycles. The zero-order valence-corrected chi connectivity index (χ0v) is 40.7. The number of aromatic nitrogens is 2. The Kier molecular flexibility index (Phi) is 17.1. The van der Waals surface area contributed by atoms with Gasteiger partial charge in [-0.2, -0.15) is 0 Å². The third-order valence-corrected chi connectivity index (χ3v) is 14.4. The molecule has 2 amide bonds. The number of aromatic amines is 1. The monoisotopic (exact) mass is 947 g/mol. The van der Waals surface area contributed by atoms with Crippen LogP contribution < -0.4 is 11.1 Å². The maximum Gasteiger partial charge on any atom is 0.267 e. The Morgan fingerprint density at radius 1 is 1.01 bits per heavy atom. The molecule has 0 radical (unpaired) electrons. The fourth-order valence-electron chi connectivity index (χ4n) is 10.3. The number of halogens is 3. The number of piperidine rings is 3. The number of rotatable bonds is 19. The number of hydrogen-bond acceptors (Lipinski definition) is 8. The van der Waals surface area contributed by atoms with Gasteiger partial charge in [-0.05, 0) is 161 Å². The number of anilines is 1. The Bertz CT molecular complexity index is 2540. The number of likely N-dealkylation sites (tertiary alicyclic amines) is 3. The number of nitrogens with zero attached hydrogens (tertiary/aromatic N) is 5. The molecule has 1 aromatic heterocycles. The topological polar surface area (TPSA) is 132 Å². The molecular weight excluding hydrogens is 878 g/mol. The van der Waals surface area contributed by atoms with Gasteiger partial charge in [0.15, 0.2) is 0 Å². The average Bonchev–Trinajstić information content (AvgIpc) is 3.75. The van der Waals surface area contributed by atoms with Crippen molar-refractivity contribution in [1.82, 2.24) is 24.7 Å². The molecule has 4 N–H and O–H groups in total. The van der Waals surface area contributed by atoms with E-state index in [9.17, 15) is 9.59 Å². The number of imidazole rings is 1. The van der Waals surface area contributed by atoms with Gasteiger partial charge in [-0.15, -0.1) is 6.58 Å². The average molecular weight is 947 g/mol. The van der Waals surface area contributed by atoms with Crippen molar-refractivity contribution in [2.24, 2.45) is 16.6 Å². The summed E-state index contributed by atoms with van der Waals surface area (Å²) in [6.07, 6.45) is 12.2. The standard InChI is InChI=1S/C55H69F3N8O3/c1-7-8-9-50(53(59)67)61-44-15-16-46(48(56)32-44)47-23-25-64(35-55(47,57)58)33-39-19-26-66(27-20-39)54(68)42-12-10-40(11-13-42)41-21-28-65(29-22-41)38(4)36(2)30-37(3)45(18-24-60-5)43-14-17-49-51(31-43)63-52(62-49)34-69-6/h7,10-18,24,30-32,38-39,41,47,50,61H,1,3,8-9,19-23,25-29,33-35H2,2,4-6H3,(H2,59,67)(H,62,63)/b36-30+,45-18+,60-24?. The van der Waals surface area contributed by atoms with E-state index in [1.54, 1.807) is 31.3 Å². The lowest BCUT2D eigenvalue weighted by molar-refractivity contribution is -0.118. The molecule has 3 unspecified atom stereocenters. The molecule has 14 heteroatoms. The van der Waals surface area contributed by atoms with Crippen LogP contribution in [-0.2, 0) is 16.1 Å². The number of primary amides is 1. The van der Waals surface area contributed by atoms with Crippen molar-refractivity contribution in [2.45, 2.75) is 95.2 Å². The van der Waals surface area contributed by atoms with Crippen molar-refractivity contribution in [1.29, 1.82) is 0 Å². The zero-order chi connectivity index (χ0) is 49.2. The van der Waals surface area contributed by atoms with E-state index in [-0.39, 0.29) is 29.9 Å². The Balaban J connectivity index is 0.858. The molecule has 3 fully saturated rings. The Hall–Kier alpha value is -5.83. The number of H-pyrrole nitrogens is 1. The van der Waals surface area contributed by atoms with Crippen LogP contribution in [0.15, 0.2) is 108 Å². The highest BCUT2D eigenvalue weighted by molar-refractivity contribution is 5.95. The SMILES string of the molecule is C=CCCC(Nc1ccc(C2CCN(CC3CCN(C(=O)c4ccc(C5CCN(C(C)/C(C)=C/C(=C)/C(=C\C=NC)c6ccc7nc(COC)[nH]c7c6)CC5)cc4)CC3)CC2(F)F)c(F)c1)C(N)=O. The van der Waals surface area contributed by atoms with Gasteiger partial charge < -0.3 is 25.7 Å². The fourth-order valence-corrected chi connectivity index (χ4v) is 10.3. The summed E-state index contributed by atoms with van der Waals surface area (Å²) in [5.74, 6) is -4.31. The van der Waals surface area contributed by atoms with Crippen molar-refractivity contribution in [3.05, 3.63) is 137 Å². The summed E-state index contributed by atoms with van der Waals surface area (Å²) < 4.78 is 52.0. The molecule has 0 aliphatic carbocycles. The first-order valence-electron chi connectivity index (χ1n) is 24.3. The number of methoxy groups -OCH3 is 1. The van der Waals surface area contributed by atoms with Crippen molar-refractivity contribution in [2.75, 3.05) is 65.3 Å². The van der Waals surface area contributed by atoms with E-state index in [0.29, 0.717) is 62.8 Å². The molecule has 0 spiro atoms. The number of nitrogens with one attached hydrogen (secondary N) is 2. The third-order valence-electron chi connectivity index (χ3n) is 14.4. The maximum atomic E-state index is 15.7. The summed E-state index contributed by atoms with van der Waals surface area (Å²) in [4.78, 5) is 43.9. The molecule has 3 atom stereocenters. The summed E-state index contributed by atoms with van der Waals surface area (Å²) in [5, 5.41) is 2.92. The highest BCUT2D eigenvalue weighted by atomic mass is 19.3. The van der Waals surface area contributed by atoms with E-state index in [4.69, 9.17) is 10.5 Å². The minimum atomic E-state index is -3.12. The first-order valence-corrected chi connectivity index (χ1v) is 24.3. The molecule has 0 saturated carbocycles. The van der Waals surface area contributed by atoms with Crippen LogP contribution in [0.3, 0.4) is 0 Å². The summed E-state index contributed by atoms with van der Waals surface area (Å²) in [7, 11) is 3.41. The number of alkyl halides is 2. The lowest BCUT2D eigenvalue weighted by Gasteiger charge is -2.41. The second-order valence-electron chi connectivity index (χ2n) is 19.1. The quantitative estimate of drug-likeness (QED) is 0.0485. The van der Waals surface area contributed by atoms with Gasteiger partial charge in [0.2, 0.25) is 5.91 Å². The largest absolute Gasteiger partial charge is 0.377 e. The van der Waals surface area contributed by atoms with Crippen molar-refractivity contribution in [3.63, 3.8) is 0 Å². The van der Waals surface area contributed by atoms with Crippen LogP contribution >= 0.6 is 0 Å². The van der Waals surface area contributed by atoms with Crippen LogP contribution in [-0.4, -0.2) is 121 Å². The van der Waals surface area contributed by atoms with Crippen molar-refractivity contribution < 1.29 is 27.5 Å². The minimum absolute atomic E-state index is 0.00282. The van der Waals surface area contributed by atoms with E-state index in [0.717, 1.165) is 72.3 Å². The van der Waals surface area contributed by atoms with Crippen molar-refractivity contribution >= 4 is 40.3 Å². The molecule has 7 rings (SSSR count). The Morgan fingerprint density at radius 3 is 2.39 bits per heavy atom. The van der Waals surface area contributed by atoms with Gasteiger partial charge in [-0.25, -0.2) is 18.2 Å². The summed E-state index contributed by atoms with van der Waals surface area (Å²) in [5.41, 5.74) is 13.7. The van der Waals surface area contributed by atoms with Gasteiger partial charge in [-0.3, -0.25) is 24.4 Å². The molecular formula is C55H69F3N8O3. The van der Waals surface area contributed by atoms with E-state index in [2.05, 4.69) is 82.5 Å². The third kappa shape index (κ3) is 12.7. The van der Waals surface area contributed by atoms with Gasteiger partial charge in [0.05, 0.1) is 23.5 Å². The zero-order valence-electron chi connectivity index (χ0n) is 40.7. The Labute approximate surface area is 405 Å². The summed E-state index contributed by atoms with van der Waals surface area (Å²) in [6, 6.07) is 17.9. The van der Waals surface area contributed by atoms with Gasteiger partial charge in [-0.1, -0.05) is 48.6 Å². The summed E-state index contributed by atoms with van der Waals surface area (Å²) >= 11 is 0. The molecule has 69 heavy (non-hydrogen) atoms. The van der Waals surface area contributed by atoms with E-state index in [1.807, 2.05) is 29.2 Å². The van der Waals surface area contributed by atoms with E-state index >= 15 is 13.2 Å². The van der Waals surface area contributed by atoms with Crippen LogP contribution in [0, 0.1) is 11.7 Å². The molecule has 11 nitrogen and oxygen atoms in total. The fraction of sp³-hybridized carbons (Fsp3) is 0.455. The van der Waals surface area contributed by atoms with Gasteiger partial charge in [0.25, 0.3) is 11.8 Å². The first kappa shape index (κ1) is 51.0. The Morgan fingerprint density at radius 2 is 1.74 bits per heavy atom. The molecule has 4 aromatic rings. The predicted molar refractivity (Wildman–Crippen MR) is 271 cm³/mol. The molecule has 368 valence electrons. The number of allylic oxidation sites excluding steroid dienone is 5. The van der Waals surface area contributed by atoms with E-state index in [1.165, 1.54) is 29.3 Å². The predicted octanol–water partition coefficient (Wildman–Crippen LogP) is 9.91. The number of nitrogens with two attached hydrogens (primary N) is 1. The number of fused-ring (bicyclic) bond motifs is 1. The molecule has 0 bridgehead atoms. The normalized spacial score (nSPS) is 20.0. The van der Waals surface area contributed by atoms with Crippen LogP contribution in [0.25, 0.3) is 16.6 Å². The minimum Gasteiger partial charge on any atom is -0.377 e. The second-order valence-corrected chi connectivity index (χ2v) is 19.1.